The van der Waals surface area contributed by atoms with Crippen molar-refractivity contribution in [2.75, 3.05) is 0 Å². The van der Waals surface area contributed by atoms with E-state index in [2.05, 4.69) is 170 Å². The summed E-state index contributed by atoms with van der Waals surface area (Å²) in [5.74, 6) is 1.43. The average molecular weight is 755 g/mol. The van der Waals surface area contributed by atoms with Crippen LogP contribution in [0.4, 0.5) is 0 Å². The SMILES string of the molecule is c1ccc(C2(c3ccccc3)c3ccccc3-c3c(-c4cc(-c5ccc(-c6cc7ccccc7o6)cc5)nc(-c5cccc6c5oc5ccccc56)n4)cccc32)cc1. The van der Waals surface area contributed by atoms with Crippen molar-refractivity contribution >= 4 is 32.9 Å². The molecular formula is C55H34N2O2. The zero-order valence-electron chi connectivity index (χ0n) is 31.8. The molecule has 3 aromatic heterocycles. The molecule has 8 aromatic carbocycles. The summed E-state index contributed by atoms with van der Waals surface area (Å²) in [4.78, 5) is 10.8. The zero-order valence-corrected chi connectivity index (χ0v) is 31.8. The molecule has 3 heterocycles. The molecule has 4 heteroatoms. The van der Waals surface area contributed by atoms with Gasteiger partial charge in [0.25, 0.3) is 0 Å². The minimum Gasteiger partial charge on any atom is -0.456 e. The fourth-order valence-corrected chi connectivity index (χ4v) is 9.41. The van der Waals surface area contributed by atoms with Gasteiger partial charge in [-0.15, -0.1) is 0 Å². The van der Waals surface area contributed by atoms with Gasteiger partial charge in [-0.1, -0.05) is 176 Å². The molecule has 0 amide bonds. The van der Waals surface area contributed by atoms with E-state index in [4.69, 9.17) is 18.8 Å². The molecule has 0 N–H and O–H groups in total. The van der Waals surface area contributed by atoms with Crippen LogP contribution in [0.2, 0.25) is 0 Å². The van der Waals surface area contributed by atoms with E-state index in [-0.39, 0.29) is 0 Å². The van der Waals surface area contributed by atoms with E-state index in [0.717, 1.165) is 72.3 Å². The highest BCUT2D eigenvalue weighted by Gasteiger charge is 2.46. The Morgan fingerprint density at radius 1 is 0.390 bits per heavy atom. The van der Waals surface area contributed by atoms with E-state index >= 15 is 0 Å². The van der Waals surface area contributed by atoms with Gasteiger partial charge in [0.15, 0.2) is 5.82 Å². The van der Waals surface area contributed by atoms with Crippen LogP contribution in [0.25, 0.3) is 89.3 Å². The third kappa shape index (κ3) is 5.10. The Morgan fingerprint density at radius 2 is 0.983 bits per heavy atom. The van der Waals surface area contributed by atoms with E-state index < -0.39 is 5.41 Å². The van der Waals surface area contributed by atoms with Crippen molar-refractivity contribution in [3.05, 3.63) is 229 Å². The number of furan rings is 2. The molecule has 0 spiro atoms. The minimum atomic E-state index is -0.532. The van der Waals surface area contributed by atoms with E-state index in [1.807, 2.05) is 36.4 Å². The lowest BCUT2D eigenvalue weighted by molar-refractivity contribution is 0.631. The van der Waals surface area contributed by atoms with Crippen LogP contribution in [-0.4, -0.2) is 9.97 Å². The van der Waals surface area contributed by atoms with Crippen molar-refractivity contribution in [2.24, 2.45) is 0 Å². The van der Waals surface area contributed by atoms with E-state index in [0.29, 0.717) is 5.82 Å². The van der Waals surface area contributed by atoms with Crippen molar-refractivity contribution < 1.29 is 8.83 Å². The summed E-state index contributed by atoms with van der Waals surface area (Å²) in [5.41, 5.74) is 14.8. The quantitative estimate of drug-likeness (QED) is 0.170. The van der Waals surface area contributed by atoms with Crippen LogP contribution >= 0.6 is 0 Å². The first-order valence-corrected chi connectivity index (χ1v) is 20.0. The third-order valence-corrected chi connectivity index (χ3v) is 12.0. The van der Waals surface area contributed by atoms with Crippen LogP contribution in [0.5, 0.6) is 0 Å². The lowest BCUT2D eigenvalue weighted by atomic mass is 9.67. The van der Waals surface area contributed by atoms with E-state index in [1.54, 1.807) is 0 Å². The Bertz CT molecular complexity index is 3310. The van der Waals surface area contributed by atoms with Gasteiger partial charge in [0, 0.05) is 32.8 Å². The van der Waals surface area contributed by atoms with E-state index in [1.165, 1.54) is 33.4 Å². The normalized spacial score (nSPS) is 12.9. The second kappa shape index (κ2) is 13.1. The maximum Gasteiger partial charge on any atom is 0.164 e. The largest absolute Gasteiger partial charge is 0.456 e. The number of benzene rings is 8. The molecule has 0 unspecified atom stereocenters. The van der Waals surface area contributed by atoms with Gasteiger partial charge in [-0.25, -0.2) is 9.97 Å². The van der Waals surface area contributed by atoms with Gasteiger partial charge in [0.05, 0.1) is 22.4 Å². The van der Waals surface area contributed by atoms with Crippen LogP contribution in [0.1, 0.15) is 22.3 Å². The molecule has 4 nitrogen and oxygen atoms in total. The predicted molar refractivity (Wildman–Crippen MR) is 238 cm³/mol. The molecule has 0 aliphatic heterocycles. The maximum absolute atomic E-state index is 6.57. The molecule has 0 radical (unpaired) electrons. The van der Waals surface area contributed by atoms with Gasteiger partial charge in [-0.05, 0) is 63.7 Å². The van der Waals surface area contributed by atoms with Gasteiger partial charge < -0.3 is 8.83 Å². The summed E-state index contributed by atoms with van der Waals surface area (Å²) in [6.07, 6.45) is 0. The first-order valence-electron chi connectivity index (χ1n) is 20.0. The van der Waals surface area contributed by atoms with Gasteiger partial charge in [-0.2, -0.15) is 0 Å². The number of hydrogen-bond donors (Lipinski definition) is 0. The molecule has 12 rings (SSSR count). The highest BCUT2D eigenvalue weighted by atomic mass is 16.3. The van der Waals surface area contributed by atoms with Crippen molar-refractivity contribution in [1.82, 2.24) is 9.97 Å². The molecule has 1 aliphatic carbocycles. The second-order valence-corrected chi connectivity index (χ2v) is 15.2. The van der Waals surface area contributed by atoms with Gasteiger partial charge >= 0.3 is 0 Å². The van der Waals surface area contributed by atoms with Crippen LogP contribution in [0, 0.1) is 0 Å². The number of fused-ring (bicyclic) bond motifs is 7. The molecular weight excluding hydrogens is 721 g/mol. The van der Waals surface area contributed by atoms with Gasteiger partial charge in [-0.3, -0.25) is 0 Å². The molecule has 11 aromatic rings. The van der Waals surface area contributed by atoms with Crippen molar-refractivity contribution in [3.8, 4) is 56.4 Å². The average Bonchev–Trinajstić information content (AvgIpc) is 4.01. The summed E-state index contributed by atoms with van der Waals surface area (Å²) in [6.45, 7) is 0. The molecule has 0 saturated heterocycles. The standard InChI is InChI=1S/C55H34N2O2/c1-3-16-38(17-4-1)55(39-18-5-2-6-19-39)45-25-10-8-21-42(45)52-43(23-14-26-46(52)55)48-34-47(35-29-31-36(32-30-35)51-33-37-15-7-11-27-49(37)58-51)56-54(57-48)44-24-13-22-41-40-20-9-12-28-50(40)59-53(41)44/h1-34H. The van der Waals surface area contributed by atoms with Crippen LogP contribution in [-0.2, 0) is 5.41 Å². The summed E-state index contributed by atoms with van der Waals surface area (Å²) in [7, 11) is 0. The summed E-state index contributed by atoms with van der Waals surface area (Å²) in [6, 6.07) is 72.6. The molecule has 0 fully saturated rings. The number of nitrogens with zero attached hydrogens (tertiary/aromatic N) is 2. The number of rotatable bonds is 6. The Labute approximate surface area is 340 Å². The summed E-state index contributed by atoms with van der Waals surface area (Å²) < 4.78 is 12.8. The number of aromatic nitrogens is 2. The molecule has 59 heavy (non-hydrogen) atoms. The van der Waals surface area contributed by atoms with Crippen molar-refractivity contribution in [1.29, 1.82) is 0 Å². The van der Waals surface area contributed by atoms with Crippen LogP contribution in [0.15, 0.2) is 215 Å². The van der Waals surface area contributed by atoms with Crippen LogP contribution < -0.4 is 0 Å². The van der Waals surface area contributed by atoms with Crippen LogP contribution in [0.3, 0.4) is 0 Å². The Balaban J connectivity index is 1.10. The second-order valence-electron chi connectivity index (χ2n) is 15.2. The predicted octanol–water partition coefficient (Wildman–Crippen LogP) is 14.2. The third-order valence-electron chi connectivity index (χ3n) is 12.0. The fraction of sp³-hybridized carbons (Fsp3) is 0.0182. The summed E-state index contributed by atoms with van der Waals surface area (Å²) >= 11 is 0. The first kappa shape index (κ1) is 33.3. The van der Waals surface area contributed by atoms with Gasteiger partial charge in [0.2, 0.25) is 0 Å². The molecule has 1 aliphatic rings. The number of para-hydroxylation sites is 3. The lowest BCUT2D eigenvalue weighted by Crippen LogP contribution is -2.28. The monoisotopic (exact) mass is 754 g/mol. The number of hydrogen-bond acceptors (Lipinski definition) is 4. The van der Waals surface area contributed by atoms with Gasteiger partial charge in [0.1, 0.15) is 22.5 Å². The summed E-state index contributed by atoms with van der Waals surface area (Å²) in [5, 5.41) is 3.18. The lowest BCUT2D eigenvalue weighted by Gasteiger charge is -2.33. The zero-order chi connectivity index (χ0) is 38.9. The smallest absolute Gasteiger partial charge is 0.164 e. The van der Waals surface area contributed by atoms with E-state index in [9.17, 15) is 0 Å². The minimum absolute atomic E-state index is 0.532. The highest BCUT2D eigenvalue weighted by molar-refractivity contribution is 6.09. The molecule has 276 valence electrons. The Morgan fingerprint density at radius 3 is 1.78 bits per heavy atom. The first-order chi connectivity index (χ1) is 29.2. The molecule has 0 atom stereocenters. The molecule has 0 bridgehead atoms. The highest BCUT2D eigenvalue weighted by Crippen LogP contribution is 2.58. The Kier molecular flexibility index (Phi) is 7.41. The molecule has 0 saturated carbocycles. The Hall–Kier alpha value is -7.82. The van der Waals surface area contributed by atoms with Crippen molar-refractivity contribution in [3.63, 3.8) is 0 Å². The maximum atomic E-state index is 6.57. The fourth-order valence-electron chi connectivity index (χ4n) is 9.41. The topological polar surface area (TPSA) is 52.1 Å². The van der Waals surface area contributed by atoms with Crippen molar-refractivity contribution in [2.45, 2.75) is 5.41 Å².